The second kappa shape index (κ2) is 7.00. The number of rotatable bonds is 2. The van der Waals surface area contributed by atoms with Crippen molar-refractivity contribution in [3.8, 4) is 0 Å². The smallest absolute Gasteiger partial charge is 0.410 e. The maximum atomic E-state index is 12.9. The Morgan fingerprint density at radius 1 is 0.958 bits per heavy atom. The summed E-state index contributed by atoms with van der Waals surface area (Å²) >= 11 is 0. The van der Waals surface area contributed by atoms with E-state index >= 15 is 0 Å². The monoisotopic (exact) mass is 339 g/mol. The fraction of sp³-hybridized carbons (Fsp3) is 0.889. The van der Waals surface area contributed by atoms with Crippen LogP contribution in [0.2, 0.25) is 0 Å². The van der Waals surface area contributed by atoms with Crippen LogP contribution in [0.25, 0.3) is 0 Å². The Kier molecular flexibility index (Phi) is 5.16. The fourth-order valence-electron chi connectivity index (χ4n) is 4.08. The van der Waals surface area contributed by atoms with Crippen LogP contribution in [0.5, 0.6) is 0 Å². The lowest BCUT2D eigenvalue weighted by molar-refractivity contribution is -0.138. The standard InChI is InChI=1S/C18H29NO5/c1-18(2,3)24-17(21)19-14-8-13(9-15(19)11-23-10-14)16(20)12-4-6-22-7-5-12/h12-15H,4-11H2,1-3H3. The Hall–Kier alpha value is -1.14. The van der Waals surface area contributed by atoms with Gasteiger partial charge in [0.2, 0.25) is 0 Å². The molecule has 3 heterocycles. The number of Topliss-reactive ketones (excluding diaryl/α,β-unsaturated/α-hetero) is 1. The molecule has 0 spiro atoms. The van der Waals surface area contributed by atoms with Gasteiger partial charge in [-0.1, -0.05) is 0 Å². The number of amides is 1. The summed E-state index contributed by atoms with van der Waals surface area (Å²) in [7, 11) is 0. The van der Waals surface area contributed by atoms with Crippen LogP contribution in [0.1, 0.15) is 46.5 Å². The van der Waals surface area contributed by atoms with E-state index in [2.05, 4.69) is 0 Å². The molecule has 3 aliphatic rings. The van der Waals surface area contributed by atoms with Crippen LogP contribution in [0.3, 0.4) is 0 Å². The molecule has 3 saturated heterocycles. The molecule has 2 bridgehead atoms. The highest BCUT2D eigenvalue weighted by Crippen LogP contribution is 2.35. The van der Waals surface area contributed by atoms with Gasteiger partial charge < -0.3 is 14.2 Å². The highest BCUT2D eigenvalue weighted by molar-refractivity contribution is 5.84. The lowest BCUT2D eigenvalue weighted by atomic mass is 9.77. The number of fused-ring (bicyclic) bond motifs is 2. The highest BCUT2D eigenvalue weighted by Gasteiger charge is 2.46. The molecule has 2 atom stereocenters. The van der Waals surface area contributed by atoms with Crippen molar-refractivity contribution in [2.45, 2.75) is 64.1 Å². The van der Waals surface area contributed by atoms with Gasteiger partial charge in [-0.05, 0) is 46.5 Å². The number of nitrogens with zero attached hydrogens (tertiary/aromatic N) is 1. The third kappa shape index (κ3) is 3.91. The molecular weight excluding hydrogens is 310 g/mol. The average Bonchev–Trinajstić information content (AvgIpc) is 2.52. The number of ether oxygens (including phenoxy) is 3. The van der Waals surface area contributed by atoms with Gasteiger partial charge >= 0.3 is 6.09 Å². The molecule has 1 amide bonds. The number of piperidine rings is 1. The van der Waals surface area contributed by atoms with Crippen molar-refractivity contribution in [1.82, 2.24) is 4.90 Å². The molecule has 3 rings (SSSR count). The number of morpholine rings is 1. The van der Waals surface area contributed by atoms with E-state index < -0.39 is 5.60 Å². The average molecular weight is 339 g/mol. The molecule has 2 unspecified atom stereocenters. The van der Waals surface area contributed by atoms with Crippen molar-refractivity contribution in [3.05, 3.63) is 0 Å². The Labute approximate surface area is 143 Å². The SMILES string of the molecule is CC(C)(C)OC(=O)N1C2COCC1CC(C(=O)C1CCOCC1)C2. The van der Waals surface area contributed by atoms with Crippen LogP contribution < -0.4 is 0 Å². The molecule has 24 heavy (non-hydrogen) atoms. The highest BCUT2D eigenvalue weighted by atomic mass is 16.6. The van der Waals surface area contributed by atoms with Crippen LogP contribution >= 0.6 is 0 Å². The molecule has 3 aliphatic heterocycles. The van der Waals surface area contributed by atoms with Crippen molar-refractivity contribution >= 4 is 11.9 Å². The Morgan fingerprint density at radius 3 is 2.08 bits per heavy atom. The topological polar surface area (TPSA) is 65.1 Å². The van der Waals surface area contributed by atoms with E-state index in [1.54, 1.807) is 0 Å². The summed E-state index contributed by atoms with van der Waals surface area (Å²) in [5.74, 6) is 0.517. The first-order valence-electron chi connectivity index (χ1n) is 9.05. The van der Waals surface area contributed by atoms with Crippen molar-refractivity contribution in [3.63, 3.8) is 0 Å². The van der Waals surface area contributed by atoms with Crippen molar-refractivity contribution in [2.75, 3.05) is 26.4 Å². The van der Waals surface area contributed by atoms with E-state index in [0.29, 0.717) is 45.1 Å². The number of carbonyl (C=O) groups is 2. The zero-order valence-electron chi connectivity index (χ0n) is 15.0. The third-order valence-corrected chi connectivity index (χ3v) is 5.15. The quantitative estimate of drug-likeness (QED) is 0.773. The minimum Gasteiger partial charge on any atom is -0.444 e. The molecule has 0 radical (unpaired) electrons. The number of hydrogen-bond donors (Lipinski definition) is 0. The predicted molar refractivity (Wildman–Crippen MR) is 87.7 cm³/mol. The predicted octanol–water partition coefficient (Wildman–Crippen LogP) is 2.40. The normalized spacial score (nSPS) is 31.6. The summed E-state index contributed by atoms with van der Waals surface area (Å²) in [6, 6.07) is -0.109. The molecule has 0 N–H and O–H groups in total. The minimum absolute atomic E-state index is 0.0330. The van der Waals surface area contributed by atoms with Gasteiger partial charge in [-0.3, -0.25) is 9.69 Å². The number of carbonyl (C=O) groups excluding carboxylic acids is 2. The lowest BCUT2D eigenvalue weighted by Gasteiger charge is -2.48. The van der Waals surface area contributed by atoms with Crippen LogP contribution in [0, 0.1) is 11.8 Å². The van der Waals surface area contributed by atoms with Crippen LogP contribution in [0.15, 0.2) is 0 Å². The van der Waals surface area contributed by atoms with Gasteiger partial charge in [0.15, 0.2) is 0 Å². The summed E-state index contributed by atoms with van der Waals surface area (Å²) in [5.41, 5.74) is -0.513. The molecule has 6 heteroatoms. The molecule has 3 fully saturated rings. The largest absolute Gasteiger partial charge is 0.444 e. The van der Waals surface area contributed by atoms with E-state index in [-0.39, 0.29) is 30.0 Å². The Bertz CT molecular complexity index is 466. The zero-order valence-corrected chi connectivity index (χ0v) is 15.0. The van der Waals surface area contributed by atoms with E-state index in [1.807, 2.05) is 25.7 Å². The van der Waals surface area contributed by atoms with Crippen LogP contribution in [-0.2, 0) is 19.0 Å². The summed E-state index contributed by atoms with van der Waals surface area (Å²) in [6.45, 7) is 7.97. The van der Waals surface area contributed by atoms with E-state index in [9.17, 15) is 9.59 Å². The molecule has 6 nitrogen and oxygen atoms in total. The zero-order chi connectivity index (χ0) is 17.3. The molecular formula is C18H29NO5. The maximum absolute atomic E-state index is 12.9. The van der Waals surface area contributed by atoms with Gasteiger partial charge in [-0.2, -0.15) is 0 Å². The summed E-state index contributed by atoms with van der Waals surface area (Å²) in [4.78, 5) is 27.2. The minimum atomic E-state index is -0.513. The van der Waals surface area contributed by atoms with Gasteiger partial charge in [0.1, 0.15) is 11.4 Å². The van der Waals surface area contributed by atoms with Gasteiger partial charge in [0.05, 0.1) is 25.3 Å². The second-order valence-electron chi connectivity index (χ2n) is 8.19. The lowest BCUT2D eigenvalue weighted by Crippen LogP contribution is -2.60. The van der Waals surface area contributed by atoms with Gasteiger partial charge in [0.25, 0.3) is 0 Å². The fourth-order valence-corrected chi connectivity index (χ4v) is 4.08. The first kappa shape index (κ1) is 17.7. The second-order valence-corrected chi connectivity index (χ2v) is 8.19. The number of hydrogen-bond acceptors (Lipinski definition) is 5. The number of ketones is 1. The van der Waals surface area contributed by atoms with Crippen molar-refractivity contribution in [1.29, 1.82) is 0 Å². The van der Waals surface area contributed by atoms with Gasteiger partial charge in [-0.15, -0.1) is 0 Å². The molecule has 0 saturated carbocycles. The Balaban J connectivity index is 1.66. The molecule has 0 aromatic rings. The van der Waals surface area contributed by atoms with E-state index in [1.165, 1.54) is 0 Å². The third-order valence-electron chi connectivity index (χ3n) is 5.15. The van der Waals surface area contributed by atoms with E-state index in [0.717, 1.165) is 12.8 Å². The summed E-state index contributed by atoms with van der Waals surface area (Å²) in [5, 5.41) is 0. The molecule has 136 valence electrons. The van der Waals surface area contributed by atoms with Gasteiger partial charge in [-0.25, -0.2) is 4.79 Å². The first-order valence-corrected chi connectivity index (χ1v) is 9.05. The molecule has 0 aliphatic carbocycles. The van der Waals surface area contributed by atoms with Gasteiger partial charge in [0, 0.05) is 25.0 Å². The van der Waals surface area contributed by atoms with Crippen LogP contribution in [-0.4, -0.2) is 60.9 Å². The molecule has 0 aromatic heterocycles. The summed E-state index contributed by atoms with van der Waals surface area (Å²) in [6.07, 6.45) is 2.75. The Morgan fingerprint density at radius 2 is 1.54 bits per heavy atom. The summed E-state index contributed by atoms with van der Waals surface area (Å²) < 4.78 is 16.6. The van der Waals surface area contributed by atoms with Crippen molar-refractivity contribution < 1.29 is 23.8 Å². The van der Waals surface area contributed by atoms with E-state index in [4.69, 9.17) is 14.2 Å². The van der Waals surface area contributed by atoms with Crippen molar-refractivity contribution in [2.24, 2.45) is 11.8 Å². The van der Waals surface area contributed by atoms with Crippen LogP contribution in [0.4, 0.5) is 4.79 Å². The maximum Gasteiger partial charge on any atom is 0.410 e. The first-order chi connectivity index (χ1) is 11.3. The molecule has 0 aromatic carbocycles.